The highest BCUT2D eigenvalue weighted by Crippen LogP contribution is 2.41. The molecule has 0 unspecified atom stereocenters. The molecule has 2 N–H and O–H groups in total. The van der Waals surface area contributed by atoms with Gasteiger partial charge in [-0.15, -0.1) is 10.2 Å². The third kappa shape index (κ3) is 4.27. The van der Waals surface area contributed by atoms with E-state index in [0.717, 1.165) is 53.4 Å². The fraction of sp³-hybridized carbons (Fsp3) is 0.292. The lowest BCUT2D eigenvalue weighted by Crippen LogP contribution is -2.44. The Bertz CT molecular complexity index is 1270. The lowest BCUT2D eigenvalue weighted by atomic mass is 10.2. The molecular formula is C24H26N6O2S. The first-order chi connectivity index (χ1) is 16.0. The molecule has 0 bridgehead atoms. The maximum absolute atomic E-state index is 12.9. The van der Waals surface area contributed by atoms with Crippen molar-refractivity contribution in [2.45, 2.75) is 18.5 Å². The summed E-state index contributed by atoms with van der Waals surface area (Å²) in [6.07, 6.45) is 0. The van der Waals surface area contributed by atoms with Crippen LogP contribution in [-0.2, 0) is 11.5 Å². The number of hydrogen-bond donors (Lipinski definition) is 2. The molecule has 2 aliphatic rings. The second kappa shape index (κ2) is 9.01. The number of hydrogen-bond acceptors (Lipinski definition) is 7. The van der Waals surface area contributed by atoms with Crippen LogP contribution in [0.3, 0.4) is 0 Å². The first kappa shape index (κ1) is 21.7. The van der Waals surface area contributed by atoms with Gasteiger partial charge in [0.15, 0.2) is 5.69 Å². The first-order valence-electron chi connectivity index (χ1n) is 10.9. The van der Waals surface area contributed by atoms with Gasteiger partial charge in [0.25, 0.3) is 0 Å². The Labute approximate surface area is 196 Å². The number of thioether (sulfide) groups is 1. The van der Waals surface area contributed by atoms with Gasteiger partial charge in [-0.05, 0) is 32.2 Å². The summed E-state index contributed by atoms with van der Waals surface area (Å²) in [6, 6.07) is 15.5. The number of benzene rings is 2. The van der Waals surface area contributed by atoms with Crippen LogP contribution in [0, 0.1) is 0 Å². The van der Waals surface area contributed by atoms with E-state index in [9.17, 15) is 9.90 Å². The van der Waals surface area contributed by atoms with E-state index in [0.29, 0.717) is 17.3 Å². The SMILES string of the molecule is CC1=C(C(=O)N=Nc2c(O)n(CN3CCN(C)CC3)c3ccccc23)Sc2ccccc2N1. The molecule has 3 aromatic rings. The van der Waals surface area contributed by atoms with E-state index in [-0.39, 0.29) is 5.88 Å². The molecule has 1 saturated heterocycles. The molecule has 8 nitrogen and oxygen atoms in total. The summed E-state index contributed by atoms with van der Waals surface area (Å²) in [5.74, 6) is -0.410. The third-order valence-electron chi connectivity index (χ3n) is 6.05. The Balaban J connectivity index is 1.42. The molecule has 0 aliphatic carbocycles. The van der Waals surface area contributed by atoms with Crippen molar-refractivity contribution in [3.05, 3.63) is 59.1 Å². The molecule has 33 heavy (non-hydrogen) atoms. The van der Waals surface area contributed by atoms with Crippen LogP contribution < -0.4 is 5.32 Å². The van der Waals surface area contributed by atoms with Crippen molar-refractivity contribution >= 4 is 39.9 Å². The Hall–Kier alpha value is -3.14. The summed E-state index contributed by atoms with van der Waals surface area (Å²) in [5, 5.41) is 23.3. The second-order valence-corrected chi connectivity index (χ2v) is 9.41. The van der Waals surface area contributed by atoms with Crippen molar-refractivity contribution in [3.8, 4) is 5.88 Å². The normalized spacial score (nSPS) is 17.5. The van der Waals surface area contributed by atoms with E-state index in [1.165, 1.54) is 11.8 Å². The number of para-hydroxylation sites is 2. The summed E-state index contributed by atoms with van der Waals surface area (Å²) < 4.78 is 1.84. The fourth-order valence-electron chi connectivity index (χ4n) is 4.15. The van der Waals surface area contributed by atoms with Crippen molar-refractivity contribution in [1.29, 1.82) is 0 Å². The fourth-order valence-corrected chi connectivity index (χ4v) is 5.08. The average Bonchev–Trinajstić information content (AvgIpc) is 3.09. The molecule has 3 heterocycles. The molecule has 170 valence electrons. The minimum Gasteiger partial charge on any atom is -0.493 e. The molecule has 1 amide bonds. The minimum absolute atomic E-state index is 0.0251. The molecule has 0 radical (unpaired) electrons. The van der Waals surface area contributed by atoms with Crippen LogP contribution in [0.1, 0.15) is 6.92 Å². The number of allylic oxidation sites excluding steroid dienone is 1. The molecule has 2 aromatic carbocycles. The van der Waals surface area contributed by atoms with Crippen molar-refractivity contribution in [2.75, 3.05) is 38.5 Å². The lowest BCUT2D eigenvalue weighted by molar-refractivity contribution is -0.114. The monoisotopic (exact) mass is 462 g/mol. The molecule has 1 aromatic heterocycles. The van der Waals surface area contributed by atoms with Crippen LogP contribution in [0.2, 0.25) is 0 Å². The number of nitrogens with one attached hydrogen (secondary N) is 1. The average molecular weight is 463 g/mol. The maximum Gasteiger partial charge on any atom is 0.303 e. The van der Waals surface area contributed by atoms with Gasteiger partial charge in [0.05, 0.1) is 17.9 Å². The number of carbonyl (C=O) groups excluding carboxylic acids is 1. The van der Waals surface area contributed by atoms with Crippen LogP contribution in [0.4, 0.5) is 11.4 Å². The molecule has 1 fully saturated rings. The van der Waals surface area contributed by atoms with Crippen LogP contribution in [0.25, 0.3) is 10.9 Å². The molecule has 5 rings (SSSR count). The van der Waals surface area contributed by atoms with Gasteiger partial charge in [-0.1, -0.05) is 42.1 Å². The van der Waals surface area contributed by atoms with Gasteiger partial charge in [-0.2, -0.15) is 0 Å². The Morgan fingerprint density at radius 3 is 2.64 bits per heavy atom. The van der Waals surface area contributed by atoms with Crippen molar-refractivity contribution in [3.63, 3.8) is 0 Å². The number of aromatic nitrogens is 1. The van der Waals surface area contributed by atoms with Gasteiger partial charge < -0.3 is 15.3 Å². The smallest absolute Gasteiger partial charge is 0.303 e. The molecular weight excluding hydrogens is 436 g/mol. The number of carbonyl (C=O) groups is 1. The quantitative estimate of drug-likeness (QED) is 0.551. The second-order valence-electron chi connectivity index (χ2n) is 8.36. The van der Waals surface area contributed by atoms with E-state index < -0.39 is 5.91 Å². The van der Waals surface area contributed by atoms with E-state index in [1.807, 2.05) is 60.0 Å². The van der Waals surface area contributed by atoms with E-state index in [1.54, 1.807) is 0 Å². The highest BCUT2D eigenvalue weighted by atomic mass is 32.2. The summed E-state index contributed by atoms with van der Waals surface area (Å²) in [4.78, 5) is 19.0. The Kier molecular flexibility index (Phi) is 5.92. The molecule has 2 aliphatic heterocycles. The van der Waals surface area contributed by atoms with Crippen LogP contribution in [0.15, 0.2) is 74.3 Å². The zero-order valence-corrected chi connectivity index (χ0v) is 19.5. The number of nitrogens with zero attached hydrogens (tertiary/aromatic N) is 5. The molecule has 0 atom stereocenters. The highest BCUT2D eigenvalue weighted by molar-refractivity contribution is 8.04. The zero-order valence-electron chi connectivity index (χ0n) is 18.7. The van der Waals surface area contributed by atoms with Crippen molar-refractivity contribution in [2.24, 2.45) is 10.2 Å². The number of rotatable bonds is 4. The topological polar surface area (TPSA) is 85.5 Å². The molecule has 0 spiro atoms. The van der Waals surface area contributed by atoms with Crippen LogP contribution >= 0.6 is 11.8 Å². The summed E-state index contributed by atoms with van der Waals surface area (Å²) >= 11 is 1.38. The summed E-state index contributed by atoms with van der Waals surface area (Å²) in [7, 11) is 2.12. The van der Waals surface area contributed by atoms with Gasteiger partial charge >= 0.3 is 5.91 Å². The maximum atomic E-state index is 12.9. The van der Waals surface area contributed by atoms with Gasteiger partial charge in [-0.25, -0.2) is 0 Å². The number of amides is 1. The van der Waals surface area contributed by atoms with Gasteiger partial charge in [-0.3, -0.25) is 14.3 Å². The summed E-state index contributed by atoms with van der Waals surface area (Å²) in [6.45, 7) is 6.25. The highest BCUT2D eigenvalue weighted by Gasteiger charge is 2.23. The van der Waals surface area contributed by atoms with Crippen molar-refractivity contribution < 1.29 is 9.90 Å². The Morgan fingerprint density at radius 1 is 1.09 bits per heavy atom. The third-order valence-corrected chi connectivity index (χ3v) is 7.31. The first-order valence-corrected chi connectivity index (χ1v) is 11.7. The number of anilines is 1. The van der Waals surface area contributed by atoms with Gasteiger partial charge in [0.2, 0.25) is 5.88 Å². The van der Waals surface area contributed by atoms with Gasteiger partial charge in [0, 0.05) is 42.2 Å². The molecule has 0 saturated carbocycles. The Morgan fingerprint density at radius 2 is 1.82 bits per heavy atom. The molecule has 9 heteroatoms. The zero-order chi connectivity index (χ0) is 22.9. The number of likely N-dealkylation sites (N-methyl/N-ethyl adjacent to an activating group) is 1. The van der Waals surface area contributed by atoms with E-state index in [2.05, 4.69) is 32.4 Å². The number of piperazine rings is 1. The lowest BCUT2D eigenvalue weighted by Gasteiger charge is -2.32. The predicted octanol–water partition coefficient (Wildman–Crippen LogP) is 4.61. The van der Waals surface area contributed by atoms with E-state index in [4.69, 9.17) is 0 Å². The standard InChI is InChI=1S/C24H26N6O2S/c1-16-22(33-20-10-6-4-8-18(20)25-16)23(31)27-26-21-17-7-3-5-9-19(17)30(24(21)32)15-29-13-11-28(2)12-14-29/h3-10,25,32H,11-15H2,1-2H3. The largest absolute Gasteiger partial charge is 0.493 e. The number of fused-ring (bicyclic) bond motifs is 2. The van der Waals surface area contributed by atoms with E-state index >= 15 is 0 Å². The van der Waals surface area contributed by atoms with Crippen LogP contribution in [-0.4, -0.2) is 58.6 Å². The number of aromatic hydroxyl groups is 1. The minimum atomic E-state index is -0.435. The van der Waals surface area contributed by atoms with Crippen LogP contribution in [0.5, 0.6) is 5.88 Å². The van der Waals surface area contributed by atoms with Crippen molar-refractivity contribution in [1.82, 2.24) is 14.4 Å². The summed E-state index contributed by atoms with van der Waals surface area (Å²) in [5.41, 5.74) is 2.90. The number of azo groups is 1. The van der Waals surface area contributed by atoms with Gasteiger partial charge in [0.1, 0.15) is 4.91 Å². The predicted molar refractivity (Wildman–Crippen MR) is 131 cm³/mol.